The van der Waals surface area contributed by atoms with E-state index in [1.807, 2.05) is 0 Å². The minimum absolute atomic E-state index is 0.0247. The lowest BCUT2D eigenvalue weighted by molar-refractivity contribution is -0.728. The summed E-state index contributed by atoms with van der Waals surface area (Å²) in [5.41, 5.74) is 0. The highest BCUT2D eigenvalue weighted by Gasteiger charge is 2.56. The zero-order chi connectivity index (χ0) is 61.7. The number of methoxy groups -OCH3 is 2. The molecule has 56 heteroatoms. The molecule has 0 bridgehead atoms. The highest BCUT2D eigenvalue weighted by Crippen LogP contribution is 2.47. The number of phosphoric ester groups is 6. The van der Waals surface area contributed by atoms with Crippen LogP contribution in [0.5, 0.6) is 0 Å². The van der Waals surface area contributed by atoms with Crippen molar-refractivity contribution in [1.29, 1.82) is 0 Å². The van der Waals surface area contributed by atoms with Gasteiger partial charge in [-0.05, 0) is 0 Å². The van der Waals surface area contributed by atoms with Crippen molar-refractivity contribution in [2.24, 2.45) is 0 Å². The van der Waals surface area contributed by atoms with Gasteiger partial charge in [-0.15, -0.1) is 0 Å². The van der Waals surface area contributed by atoms with Crippen molar-refractivity contribution < 1.29 is 220 Å². The molecule has 0 aromatic rings. The van der Waals surface area contributed by atoms with Gasteiger partial charge in [0, 0.05) is 14.2 Å². The van der Waals surface area contributed by atoms with Crippen molar-refractivity contribution in [1.82, 2.24) is 0 Å². The molecule has 12 atom stereocenters. The normalized spacial score (nSPS) is 25.9. The average molecular weight is 1340 g/mol. The second-order valence-electron chi connectivity index (χ2n) is 12.5. The van der Waals surface area contributed by atoms with Crippen LogP contribution in [0.4, 0.5) is 0 Å². The summed E-state index contributed by atoms with van der Waals surface area (Å²) in [6.45, 7) is -1.48. The average Bonchev–Trinajstić information content (AvgIpc) is 3.27. The van der Waals surface area contributed by atoms with Crippen LogP contribution in [0.25, 0.3) is 0 Å². The zero-order valence-corrected chi connectivity index (χ0v) is 46.8. The third-order valence-electron chi connectivity index (χ3n) is 7.77. The maximum Gasteiger partial charge on any atom is 0.121 e. The third kappa shape index (κ3) is 41.4. The summed E-state index contributed by atoms with van der Waals surface area (Å²) >= 11 is 0. The fourth-order valence-electron chi connectivity index (χ4n) is 5.65. The highest BCUT2D eigenvalue weighted by molar-refractivity contribution is 7.44. The molecule has 6 unspecified atom stereocenters. The second-order valence-corrected chi connectivity index (χ2v) is 19.8. The van der Waals surface area contributed by atoms with Gasteiger partial charge >= 0.3 is 0 Å². The van der Waals surface area contributed by atoms with Crippen molar-refractivity contribution in [3.8, 4) is 0 Å². The largest absolute Gasteiger partial charge is 0.790 e. The molecule has 78 heavy (non-hydrogen) atoms. The van der Waals surface area contributed by atoms with E-state index in [0.717, 1.165) is 0 Å². The molecule has 46 nitrogen and oxygen atoms in total. The Morgan fingerprint density at radius 3 is 0.615 bits per heavy atom. The topological polar surface area (TPSA) is 780 Å². The fraction of sp³-hybridized carbons (Fsp3) is 1.00. The Bertz CT molecular complexity index is 1740. The first kappa shape index (κ1) is 84.8. The Morgan fingerprint density at radius 1 is 0.295 bits per heavy atom. The molecule has 0 spiro atoms. The monoisotopic (exact) mass is 1340 g/mol. The minimum Gasteiger partial charge on any atom is -0.790 e. The Morgan fingerprint density at radius 2 is 0.449 bits per heavy atom. The molecular weight excluding hydrogens is 1310 g/mol. The highest BCUT2D eigenvalue weighted by atomic mass is 31.2. The van der Waals surface area contributed by atoms with E-state index >= 15 is 0 Å². The summed E-state index contributed by atoms with van der Waals surface area (Å²) in [6, 6.07) is 0. The van der Waals surface area contributed by atoms with E-state index in [1.165, 1.54) is 14.2 Å². The number of rotatable bonds is 30. The van der Waals surface area contributed by atoms with Crippen molar-refractivity contribution in [3.63, 3.8) is 0 Å². The number of ether oxygens (including phenoxy) is 6. The van der Waals surface area contributed by atoms with Gasteiger partial charge in [0.15, 0.2) is 0 Å². The summed E-state index contributed by atoms with van der Waals surface area (Å²) in [4.78, 5) is 181. The molecule has 2 rings (SSSR count). The summed E-state index contributed by atoms with van der Waals surface area (Å²) in [5.74, 6) is 0. The van der Waals surface area contributed by atoms with Gasteiger partial charge in [0.05, 0.1) is 135 Å². The van der Waals surface area contributed by atoms with Crippen LogP contribution in [0.3, 0.4) is 0 Å². The van der Waals surface area contributed by atoms with Crippen molar-refractivity contribution >= 4 is 81.7 Å². The molecule has 0 N–H and O–H groups in total. The lowest BCUT2D eigenvalue weighted by atomic mass is 9.84. The molecule has 468 valence electrons. The van der Waals surface area contributed by atoms with Crippen molar-refractivity contribution in [3.05, 3.63) is 0 Å². The first-order valence-corrected chi connectivity index (χ1v) is 30.1. The molecule has 2 fully saturated rings. The first-order chi connectivity index (χ1) is 35.9. The predicted octanol–water partition coefficient (Wildman–Crippen LogP) is -17.8. The molecule has 0 aliphatic heterocycles. The molecule has 0 aromatic heterocycles. The number of phosphoric acid groups is 6. The van der Waals surface area contributed by atoms with Gasteiger partial charge in [-0.2, -0.15) is 0 Å². The summed E-state index contributed by atoms with van der Waals surface area (Å²) < 4.78 is 154. The number of hydrogen-bond acceptors (Lipinski definition) is 46. The summed E-state index contributed by atoms with van der Waals surface area (Å²) in [5, 5.41) is 44.9. The van der Waals surface area contributed by atoms with Gasteiger partial charge in [-0.1, -0.05) is 0 Å². The minimum atomic E-state index is -6.15. The molecule has 0 radical (unpaired) electrons. The molecule has 2 aliphatic rings. The Kier molecular flexibility index (Phi) is 48.7. The lowest BCUT2D eigenvalue weighted by Crippen LogP contribution is -2.69. The SMILES string of the molecule is COCCOCCOC1C(O[O-])[C@H](OP(=O)([O-])[O-])[C@H](O[O-])C(OP(=O)([O-])[O-])[C@@H]1OP(=O)([O-])[O-].COCCOCCOC1C(O[O-])[C@H](OP(=O)([O-])[O-])[C@H](O[O-])C(OP(=O)([O-])[O-])[C@@H]1OP(=O)([O-])[O-].O=P[O-].O=P[O-].O=P[O-].O=P[O-]. The zero-order valence-electron chi connectivity index (χ0n) is 37.8. The van der Waals surface area contributed by atoms with Gasteiger partial charge in [0.1, 0.15) is 73.2 Å². The van der Waals surface area contributed by atoms with Gasteiger partial charge in [0.25, 0.3) is 0 Å². The molecule has 2 aliphatic carbocycles. The lowest BCUT2D eigenvalue weighted by Gasteiger charge is -2.55. The van der Waals surface area contributed by atoms with Crippen LogP contribution in [0.2, 0.25) is 0 Å². The Hall–Kier alpha value is 0.340. The van der Waals surface area contributed by atoms with Crippen LogP contribution >= 0.6 is 81.7 Å². The van der Waals surface area contributed by atoms with Crippen molar-refractivity contribution in [2.45, 2.75) is 73.2 Å². The molecule has 2 saturated carbocycles. The molecule has 0 heterocycles. The van der Waals surface area contributed by atoms with Crippen LogP contribution in [-0.4, -0.2) is 140 Å². The van der Waals surface area contributed by atoms with Crippen molar-refractivity contribution in [2.75, 3.05) is 67.1 Å². The third-order valence-corrected chi connectivity index (χ3v) is 10.8. The Labute approximate surface area is 441 Å². The smallest absolute Gasteiger partial charge is 0.121 e. The predicted molar refractivity (Wildman–Crippen MR) is 190 cm³/mol. The van der Waals surface area contributed by atoms with Crippen LogP contribution in [-0.2, 0) is 121 Å². The Balaban J connectivity index is -0.000000582. The van der Waals surface area contributed by atoms with Crippen LogP contribution in [0.15, 0.2) is 0 Å². The molecule has 0 amide bonds. The molecule has 0 aromatic carbocycles. The van der Waals surface area contributed by atoms with Crippen LogP contribution < -0.4 is 99.3 Å². The van der Waals surface area contributed by atoms with E-state index in [0.29, 0.717) is 0 Å². The van der Waals surface area contributed by atoms with E-state index in [9.17, 15) is 107 Å². The van der Waals surface area contributed by atoms with Crippen LogP contribution in [0.1, 0.15) is 0 Å². The van der Waals surface area contributed by atoms with Gasteiger partial charge < -0.3 is 202 Å². The van der Waals surface area contributed by atoms with E-state index in [-0.39, 0.29) is 39.6 Å². The van der Waals surface area contributed by atoms with Gasteiger partial charge in [-0.25, -0.2) is 0 Å². The van der Waals surface area contributed by atoms with E-state index in [4.69, 9.17) is 66.3 Å². The van der Waals surface area contributed by atoms with Gasteiger partial charge in [0.2, 0.25) is 0 Å². The standard InChI is InChI=1S/2C11H25O19P3.4HO2P/c2*1-23-2-3-24-4-5-25-6-7(26-12)10(29-32(17,18)19)8(27-13)11(30-33(20,21)22)9(6)28-31(14,15)16;4*1-3-2/h2*6-13H,2-5H2,1H3,(H2,14,15,16)(H2,17,18,19)(H2,20,21,22);4*(H,1,2)/p-20/t2*6?,7?,8-,9+,10-,11?;;;;/m00..../s1. The summed E-state index contributed by atoms with van der Waals surface area (Å²) in [6.07, 6.45) is -30.8. The maximum atomic E-state index is 11.3. The maximum absolute atomic E-state index is 11.3. The number of hydrogen-bond donors (Lipinski definition) is 0. The fourth-order valence-corrected chi connectivity index (χ4v) is 8.88. The molecule has 0 saturated heterocycles. The first-order valence-electron chi connectivity index (χ1n) is 18.5. The summed E-state index contributed by atoms with van der Waals surface area (Å²) in [7, 11) is -38.3. The van der Waals surface area contributed by atoms with E-state index in [2.05, 4.69) is 46.7 Å². The second kappa shape index (κ2) is 44.8. The van der Waals surface area contributed by atoms with Gasteiger partial charge in [-0.3, -0.25) is 18.3 Å². The molecular formula is C22H34O46P10-20. The van der Waals surface area contributed by atoms with Crippen LogP contribution in [0, 0.1) is 0 Å². The van der Waals surface area contributed by atoms with E-state index in [1.54, 1.807) is 0 Å². The quantitative estimate of drug-likeness (QED) is 0.0279. The van der Waals surface area contributed by atoms with E-state index < -0.39 is 168 Å².